The number of imidazole rings is 1. The first-order valence-electron chi connectivity index (χ1n) is 6.29. The van der Waals surface area contributed by atoms with E-state index in [0.29, 0.717) is 19.1 Å². The van der Waals surface area contributed by atoms with E-state index in [4.69, 9.17) is 0 Å². The molecule has 1 saturated heterocycles. The van der Waals surface area contributed by atoms with Crippen LogP contribution in [-0.2, 0) is 10.0 Å². The van der Waals surface area contributed by atoms with Gasteiger partial charge in [0.25, 0.3) is 0 Å². The molecule has 5 nitrogen and oxygen atoms in total. The Morgan fingerprint density at radius 2 is 2.11 bits per heavy atom. The van der Waals surface area contributed by atoms with Gasteiger partial charge in [0.05, 0.1) is 6.26 Å². The number of sulfonamides is 1. The molecule has 1 aromatic rings. The highest BCUT2D eigenvalue weighted by molar-refractivity contribution is 7.88. The summed E-state index contributed by atoms with van der Waals surface area (Å²) in [7, 11) is -3.07. The van der Waals surface area contributed by atoms with Gasteiger partial charge in [-0.2, -0.15) is 0 Å². The molecule has 1 atom stereocenters. The smallest absolute Gasteiger partial charge is 0.211 e. The zero-order chi connectivity index (χ0) is 13.5. The molecule has 18 heavy (non-hydrogen) atoms. The SMILES string of the molecule is Cc1cnc(C2CCN(S(C)(=O)=O)C2)n1C(C)C. The van der Waals surface area contributed by atoms with Crippen LogP contribution < -0.4 is 0 Å². The Morgan fingerprint density at radius 1 is 1.44 bits per heavy atom. The Balaban J connectivity index is 2.25. The van der Waals surface area contributed by atoms with E-state index in [0.717, 1.165) is 17.9 Å². The highest BCUT2D eigenvalue weighted by atomic mass is 32.2. The second-order valence-electron chi connectivity index (χ2n) is 5.33. The van der Waals surface area contributed by atoms with Crippen LogP contribution in [0.2, 0.25) is 0 Å². The van der Waals surface area contributed by atoms with Crippen molar-refractivity contribution in [1.29, 1.82) is 0 Å². The zero-order valence-electron chi connectivity index (χ0n) is 11.4. The summed E-state index contributed by atoms with van der Waals surface area (Å²) in [6.45, 7) is 7.46. The molecule has 0 aromatic carbocycles. The summed E-state index contributed by atoms with van der Waals surface area (Å²) >= 11 is 0. The van der Waals surface area contributed by atoms with Crippen LogP contribution in [0, 0.1) is 6.92 Å². The van der Waals surface area contributed by atoms with E-state index in [1.54, 1.807) is 4.31 Å². The minimum atomic E-state index is -3.07. The number of nitrogens with zero attached hydrogens (tertiary/aromatic N) is 3. The summed E-state index contributed by atoms with van der Waals surface area (Å²) in [4.78, 5) is 4.48. The van der Waals surface area contributed by atoms with Crippen LogP contribution in [0.5, 0.6) is 0 Å². The first kappa shape index (κ1) is 13.5. The Bertz CT molecular complexity index is 534. The van der Waals surface area contributed by atoms with Crippen molar-refractivity contribution in [2.75, 3.05) is 19.3 Å². The third-order valence-corrected chi connectivity index (χ3v) is 4.78. The van der Waals surface area contributed by atoms with Crippen LogP contribution in [0.4, 0.5) is 0 Å². The van der Waals surface area contributed by atoms with Gasteiger partial charge in [0, 0.05) is 36.9 Å². The molecule has 2 heterocycles. The minimum Gasteiger partial charge on any atom is -0.330 e. The van der Waals surface area contributed by atoms with Gasteiger partial charge in [-0.05, 0) is 27.2 Å². The third-order valence-electron chi connectivity index (χ3n) is 3.51. The van der Waals surface area contributed by atoms with Gasteiger partial charge in [-0.25, -0.2) is 17.7 Å². The third kappa shape index (κ3) is 2.44. The van der Waals surface area contributed by atoms with Gasteiger partial charge >= 0.3 is 0 Å². The molecule has 1 aliphatic heterocycles. The summed E-state index contributed by atoms with van der Waals surface area (Å²) in [5.41, 5.74) is 1.14. The van der Waals surface area contributed by atoms with Crippen molar-refractivity contribution in [3.63, 3.8) is 0 Å². The van der Waals surface area contributed by atoms with E-state index in [1.165, 1.54) is 6.26 Å². The summed E-state index contributed by atoms with van der Waals surface area (Å²) in [5, 5.41) is 0. The first-order valence-corrected chi connectivity index (χ1v) is 8.14. The standard InChI is InChI=1S/C12H21N3O2S/c1-9(2)15-10(3)7-13-12(15)11-5-6-14(8-11)18(4,16)17/h7,9,11H,5-6,8H2,1-4H3. The number of rotatable bonds is 3. The quantitative estimate of drug-likeness (QED) is 0.837. The van der Waals surface area contributed by atoms with Crippen LogP contribution in [0.15, 0.2) is 6.20 Å². The van der Waals surface area contributed by atoms with Gasteiger partial charge in [-0.15, -0.1) is 0 Å². The van der Waals surface area contributed by atoms with Crippen molar-refractivity contribution in [1.82, 2.24) is 13.9 Å². The van der Waals surface area contributed by atoms with Gasteiger partial charge in [-0.3, -0.25) is 0 Å². The molecule has 1 unspecified atom stereocenters. The van der Waals surface area contributed by atoms with E-state index in [9.17, 15) is 8.42 Å². The molecular weight excluding hydrogens is 250 g/mol. The maximum Gasteiger partial charge on any atom is 0.211 e. The van der Waals surface area contributed by atoms with Crippen molar-refractivity contribution in [3.05, 3.63) is 17.7 Å². The lowest BCUT2D eigenvalue weighted by Crippen LogP contribution is -2.27. The molecule has 0 radical (unpaired) electrons. The molecule has 1 aliphatic rings. The average Bonchev–Trinajstić information content (AvgIpc) is 2.81. The fraction of sp³-hybridized carbons (Fsp3) is 0.750. The Kier molecular flexibility index (Phi) is 3.51. The summed E-state index contributed by atoms with van der Waals surface area (Å²) in [5.74, 6) is 1.24. The van der Waals surface area contributed by atoms with E-state index in [2.05, 4.69) is 23.4 Å². The average molecular weight is 271 g/mol. The van der Waals surface area contributed by atoms with Crippen LogP contribution in [-0.4, -0.2) is 41.6 Å². The monoisotopic (exact) mass is 271 g/mol. The molecule has 0 saturated carbocycles. The predicted molar refractivity (Wildman–Crippen MR) is 71.1 cm³/mol. The number of aryl methyl sites for hydroxylation is 1. The molecule has 102 valence electrons. The lowest BCUT2D eigenvalue weighted by molar-refractivity contribution is 0.469. The second kappa shape index (κ2) is 4.66. The van der Waals surface area contributed by atoms with Gasteiger partial charge in [0.1, 0.15) is 5.82 Å². The molecule has 2 rings (SSSR count). The highest BCUT2D eigenvalue weighted by Crippen LogP contribution is 2.29. The number of hydrogen-bond acceptors (Lipinski definition) is 3. The molecule has 0 N–H and O–H groups in total. The van der Waals surface area contributed by atoms with Crippen molar-refractivity contribution in [2.24, 2.45) is 0 Å². The molecule has 0 amide bonds. The fourth-order valence-electron chi connectivity index (χ4n) is 2.68. The van der Waals surface area contributed by atoms with Crippen LogP contribution >= 0.6 is 0 Å². The first-order chi connectivity index (χ1) is 8.30. The van der Waals surface area contributed by atoms with Crippen LogP contribution in [0.3, 0.4) is 0 Å². The summed E-state index contributed by atoms with van der Waals surface area (Å²) < 4.78 is 26.8. The molecule has 1 fully saturated rings. The lowest BCUT2D eigenvalue weighted by Gasteiger charge is -2.18. The van der Waals surface area contributed by atoms with Crippen LogP contribution in [0.1, 0.15) is 43.7 Å². The maximum atomic E-state index is 11.5. The van der Waals surface area contributed by atoms with Gasteiger partial charge in [0.2, 0.25) is 10.0 Å². The summed E-state index contributed by atoms with van der Waals surface area (Å²) in [6, 6.07) is 0.356. The van der Waals surface area contributed by atoms with Gasteiger partial charge in [0.15, 0.2) is 0 Å². The Morgan fingerprint density at radius 3 is 2.61 bits per heavy atom. The van der Waals surface area contributed by atoms with Gasteiger partial charge in [-0.1, -0.05) is 0 Å². The maximum absolute atomic E-state index is 11.5. The minimum absolute atomic E-state index is 0.218. The normalized spacial score (nSPS) is 21.9. The Hall–Kier alpha value is -0.880. The second-order valence-corrected chi connectivity index (χ2v) is 7.31. The summed E-state index contributed by atoms with van der Waals surface area (Å²) in [6.07, 6.45) is 4.00. The van der Waals surface area contributed by atoms with E-state index in [-0.39, 0.29) is 5.92 Å². The van der Waals surface area contributed by atoms with E-state index >= 15 is 0 Å². The number of hydrogen-bond donors (Lipinski definition) is 0. The van der Waals surface area contributed by atoms with Crippen molar-refractivity contribution in [3.8, 4) is 0 Å². The Labute approximate surface area is 109 Å². The predicted octanol–water partition coefficient (Wildman–Crippen LogP) is 1.52. The number of aromatic nitrogens is 2. The highest BCUT2D eigenvalue weighted by Gasteiger charge is 2.32. The van der Waals surface area contributed by atoms with Gasteiger partial charge < -0.3 is 4.57 Å². The van der Waals surface area contributed by atoms with Crippen molar-refractivity contribution >= 4 is 10.0 Å². The molecular formula is C12H21N3O2S. The molecule has 6 heteroatoms. The lowest BCUT2D eigenvalue weighted by atomic mass is 10.1. The fourth-order valence-corrected chi connectivity index (χ4v) is 3.57. The van der Waals surface area contributed by atoms with Crippen LogP contribution in [0.25, 0.3) is 0 Å². The van der Waals surface area contributed by atoms with E-state index in [1.807, 2.05) is 13.1 Å². The zero-order valence-corrected chi connectivity index (χ0v) is 12.2. The van der Waals surface area contributed by atoms with Crippen molar-refractivity contribution in [2.45, 2.75) is 39.2 Å². The van der Waals surface area contributed by atoms with Crippen molar-refractivity contribution < 1.29 is 8.42 Å². The largest absolute Gasteiger partial charge is 0.330 e. The van der Waals surface area contributed by atoms with E-state index < -0.39 is 10.0 Å². The molecule has 0 bridgehead atoms. The molecule has 1 aromatic heterocycles. The molecule has 0 spiro atoms. The molecule has 0 aliphatic carbocycles. The topological polar surface area (TPSA) is 55.2 Å².